The van der Waals surface area contributed by atoms with Gasteiger partial charge in [-0.3, -0.25) is 0 Å². The maximum atomic E-state index is 14.4. The molecule has 1 heterocycles. The second-order valence-corrected chi connectivity index (χ2v) is 4.78. The van der Waals surface area contributed by atoms with Crippen LogP contribution in [0.4, 0.5) is 4.39 Å². The second-order valence-electron chi connectivity index (χ2n) is 3.98. The van der Waals surface area contributed by atoms with Crippen molar-refractivity contribution in [1.29, 1.82) is 0 Å². The number of rotatable bonds is 3. The molecule has 4 nitrogen and oxygen atoms in total. The zero-order valence-corrected chi connectivity index (χ0v) is 12.6. The molecule has 21 heavy (non-hydrogen) atoms. The van der Waals surface area contributed by atoms with Crippen molar-refractivity contribution in [3.8, 4) is 16.9 Å². The highest BCUT2D eigenvalue weighted by Gasteiger charge is 2.22. The highest BCUT2D eigenvalue weighted by Crippen LogP contribution is 2.38. The van der Waals surface area contributed by atoms with Gasteiger partial charge < -0.3 is 9.47 Å². The van der Waals surface area contributed by atoms with Gasteiger partial charge in [0.1, 0.15) is 10.9 Å². The number of aromatic nitrogens is 1. The van der Waals surface area contributed by atoms with Crippen LogP contribution >= 0.6 is 23.2 Å². The summed E-state index contributed by atoms with van der Waals surface area (Å²) >= 11 is 11.6. The summed E-state index contributed by atoms with van der Waals surface area (Å²) in [6.45, 7) is 0. The van der Waals surface area contributed by atoms with Crippen molar-refractivity contribution in [2.75, 3.05) is 14.2 Å². The van der Waals surface area contributed by atoms with Gasteiger partial charge >= 0.3 is 5.97 Å². The van der Waals surface area contributed by atoms with E-state index in [1.165, 1.54) is 38.6 Å². The predicted octanol–water partition coefficient (Wildman–Crippen LogP) is 3.99. The third-order valence-electron chi connectivity index (χ3n) is 2.82. The number of carbonyl (C=O) groups is 1. The standard InChI is InChI=1S/C14H10Cl2FNO3/c1-20-10-4-3-9(15)13(17)12(10)7-5-11(16)18-6-8(7)14(19)21-2/h3-6H,1-2H3. The van der Waals surface area contributed by atoms with Crippen LogP contribution in [0.25, 0.3) is 11.1 Å². The molecule has 0 unspecified atom stereocenters. The minimum Gasteiger partial charge on any atom is -0.496 e. The Hall–Kier alpha value is -1.85. The summed E-state index contributed by atoms with van der Waals surface area (Å²) < 4.78 is 24.2. The van der Waals surface area contributed by atoms with E-state index in [4.69, 9.17) is 27.9 Å². The van der Waals surface area contributed by atoms with E-state index in [0.29, 0.717) is 0 Å². The summed E-state index contributed by atoms with van der Waals surface area (Å²) in [5.74, 6) is -1.18. The third kappa shape index (κ3) is 2.94. The van der Waals surface area contributed by atoms with Crippen LogP contribution in [-0.2, 0) is 4.74 Å². The summed E-state index contributed by atoms with van der Waals surface area (Å²) in [5.41, 5.74) is 0.273. The number of esters is 1. The predicted molar refractivity (Wildman–Crippen MR) is 77.5 cm³/mol. The molecule has 7 heteroatoms. The lowest BCUT2D eigenvalue weighted by molar-refractivity contribution is 0.0601. The fourth-order valence-corrected chi connectivity index (χ4v) is 2.18. The zero-order valence-electron chi connectivity index (χ0n) is 11.1. The second kappa shape index (κ2) is 6.28. The Labute approximate surface area is 130 Å². The van der Waals surface area contributed by atoms with Gasteiger partial charge in [0, 0.05) is 11.8 Å². The molecule has 1 aromatic heterocycles. The van der Waals surface area contributed by atoms with Gasteiger partial charge in [0.25, 0.3) is 0 Å². The van der Waals surface area contributed by atoms with Crippen molar-refractivity contribution >= 4 is 29.2 Å². The van der Waals surface area contributed by atoms with Gasteiger partial charge in [-0.25, -0.2) is 14.2 Å². The molecule has 0 saturated carbocycles. The Balaban J connectivity index is 2.80. The van der Waals surface area contributed by atoms with Crippen LogP contribution in [0.3, 0.4) is 0 Å². The molecule has 2 rings (SSSR count). The number of benzene rings is 1. The topological polar surface area (TPSA) is 48.4 Å². The molecule has 1 aromatic carbocycles. The van der Waals surface area contributed by atoms with Gasteiger partial charge in [-0.1, -0.05) is 23.2 Å². The minimum atomic E-state index is -0.719. The van der Waals surface area contributed by atoms with Crippen molar-refractivity contribution in [3.05, 3.63) is 46.0 Å². The Morgan fingerprint density at radius 3 is 2.62 bits per heavy atom. The molecule has 110 valence electrons. The number of methoxy groups -OCH3 is 2. The van der Waals surface area contributed by atoms with E-state index < -0.39 is 11.8 Å². The van der Waals surface area contributed by atoms with E-state index >= 15 is 0 Å². The maximum Gasteiger partial charge on any atom is 0.340 e. The molecule has 2 aromatic rings. The number of hydrogen-bond donors (Lipinski definition) is 0. The van der Waals surface area contributed by atoms with Crippen molar-refractivity contribution in [2.24, 2.45) is 0 Å². The molecule has 0 aliphatic heterocycles. The lowest BCUT2D eigenvalue weighted by atomic mass is 10.00. The first-order chi connectivity index (χ1) is 9.99. The maximum absolute atomic E-state index is 14.4. The number of pyridine rings is 1. The van der Waals surface area contributed by atoms with E-state index in [9.17, 15) is 9.18 Å². The summed E-state index contributed by atoms with van der Waals surface area (Å²) in [6.07, 6.45) is 1.21. The normalized spacial score (nSPS) is 10.3. The van der Waals surface area contributed by atoms with Gasteiger partial charge in [0.15, 0.2) is 5.82 Å². The number of halogens is 3. The minimum absolute atomic E-state index is 0.0229. The first-order valence-corrected chi connectivity index (χ1v) is 6.51. The molecule has 0 aliphatic carbocycles. The number of carbonyl (C=O) groups excluding carboxylic acids is 1. The highest BCUT2D eigenvalue weighted by atomic mass is 35.5. The van der Waals surface area contributed by atoms with Crippen LogP contribution in [-0.4, -0.2) is 25.2 Å². The van der Waals surface area contributed by atoms with E-state index in [0.717, 1.165) is 0 Å². The first kappa shape index (κ1) is 15.5. The van der Waals surface area contributed by atoms with E-state index in [1.807, 2.05) is 0 Å². The third-order valence-corrected chi connectivity index (χ3v) is 3.32. The summed E-state index contributed by atoms with van der Waals surface area (Å²) in [6, 6.07) is 4.21. The molecule has 0 atom stereocenters. The smallest absolute Gasteiger partial charge is 0.340 e. The Bertz CT molecular complexity index is 707. The Morgan fingerprint density at radius 1 is 1.29 bits per heavy atom. The van der Waals surface area contributed by atoms with Crippen LogP contribution < -0.4 is 4.74 Å². The van der Waals surface area contributed by atoms with Gasteiger partial charge in [-0.2, -0.15) is 0 Å². The zero-order chi connectivity index (χ0) is 15.6. The SMILES string of the molecule is COC(=O)c1cnc(Cl)cc1-c1c(OC)ccc(Cl)c1F. The van der Waals surface area contributed by atoms with Crippen LogP contribution in [0.1, 0.15) is 10.4 Å². The van der Waals surface area contributed by atoms with Gasteiger partial charge in [-0.05, 0) is 18.2 Å². The molecule has 0 fully saturated rings. The molecule has 0 amide bonds. The van der Waals surface area contributed by atoms with E-state index in [2.05, 4.69) is 9.72 Å². The molecular formula is C14H10Cl2FNO3. The Morgan fingerprint density at radius 2 is 2.00 bits per heavy atom. The quantitative estimate of drug-likeness (QED) is 0.631. The van der Waals surface area contributed by atoms with Crippen molar-refractivity contribution < 1.29 is 18.7 Å². The fraction of sp³-hybridized carbons (Fsp3) is 0.143. The average Bonchev–Trinajstić information content (AvgIpc) is 2.49. The van der Waals surface area contributed by atoms with Gasteiger partial charge in [0.05, 0.1) is 30.4 Å². The summed E-state index contributed by atoms with van der Waals surface area (Å²) in [4.78, 5) is 15.6. The van der Waals surface area contributed by atoms with Crippen molar-refractivity contribution in [2.45, 2.75) is 0 Å². The van der Waals surface area contributed by atoms with E-state index in [-0.39, 0.29) is 32.6 Å². The largest absolute Gasteiger partial charge is 0.496 e. The molecule has 0 aliphatic rings. The molecule has 0 bridgehead atoms. The highest BCUT2D eigenvalue weighted by molar-refractivity contribution is 6.31. The fourth-order valence-electron chi connectivity index (χ4n) is 1.86. The van der Waals surface area contributed by atoms with Crippen LogP contribution in [0.5, 0.6) is 5.75 Å². The lowest BCUT2D eigenvalue weighted by Gasteiger charge is -2.13. The van der Waals surface area contributed by atoms with Crippen molar-refractivity contribution in [1.82, 2.24) is 4.98 Å². The molecule has 0 spiro atoms. The lowest BCUT2D eigenvalue weighted by Crippen LogP contribution is -2.06. The summed E-state index contributed by atoms with van der Waals surface area (Å²) in [5, 5.41) is -0.00590. The average molecular weight is 330 g/mol. The molecule has 0 saturated heterocycles. The van der Waals surface area contributed by atoms with Crippen molar-refractivity contribution in [3.63, 3.8) is 0 Å². The molecule has 0 N–H and O–H groups in total. The van der Waals surface area contributed by atoms with Crippen LogP contribution in [0, 0.1) is 5.82 Å². The van der Waals surface area contributed by atoms with Crippen LogP contribution in [0.2, 0.25) is 10.2 Å². The summed E-state index contributed by atoms with van der Waals surface area (Å²) in [7, 11) is 2.60. The number of ether oxygens (including phenoxy) is 2. The van der Waals surface area contributed by atoms with Gasteiger partial charge in [-0.15, -0.1) is 0 Å². The molecular weight excluding hydrogens is 320 g/mol. The van der Waals surface area contributed by atoms with Crippen LogP contribution in [0.15, 0.2) is 24.4 Å². The van der Waals surface area contributed by atoms with Gasteiger partial charge in [0.2, 0.25) is 0 Å². The monoisotopic (exact) mass is 329 g/mol. The number of nitrogens with zero attached hydrogens (tertiary/aromatic N) is 1. The number of hydrogen-bond acceptors (Lipinski definition) is 4. The molecule has 0 radical (unpaired) electrons. The Kier molecular flexibility index (Phi) is 4.65. The van der Waals surface area contributed by atoms with E-state index in [1.54, 1.807) is 0 Å². The first-order valence-electron chi connectivity index (χ1n) is 5.75.